The van der Waals surface area contributed by atoms with Crippen LogP contribution >= 0.6 is 0 Å². The van der Waals surface area contributed by atoms with Crippen LogP contribution in [0, 0.1) is 6.92 Å². The van der Waals surface area contributed by atoms with E-state index in [2.05, 4.69) is 64.6 Å². The molecule has 0 saturated carbocycles. The van der Waals surface area contributed by atoms with E-state index in [0.717, 1.165) is 32.0 Å². The molecule has 0 amide bonds. The summed E-state index contributed by atoms with van der Waals surface area (Å²) in [6, 6.07) is 6.54. The van der Waals surface area contributed by atoms with Gasteiger partial charge >= 0.3 is 0 Å². The molecule has 1 aromatic carbocycles. The molecule has 0 aliphatic carbocycles. The highest BCUT2D eigenvalue weighted by Gasteiger charge is 2.21. The van der Waals surface area contributed by atoms with Crippen molar-refractivity contribution in [2.75, 3.05) is 26.2 Å². The lowest BCUT2D eigenvalue weighted by Crippen LogP contribution is -2.46. The van der Waals surface area contributed by atoms with Crippen molar-refractivity contribution in [3.8, 4) is 5.75 Å². The average Bonchev–Trinajstić information content (AvgIpc) is 2.38. The Kier molecular flexibility index (Phi) is 5.51. The van der Waals surface area contributed by atoms with Crippen LogP contribution in [0.25, 0.3) is 0 Å². The van der Waals surface area contributed by atoms with Gasteiger partial charge in [-0.05, 0) is 43.4 Å². The van der Waals surface area contributed by atoms with Gasteiger partial charge in [0.25, 0.3) is 0 Å². The second-order valence-corrected chi connectivity index (χ2v) is 7.60. The zero-order valence-electron chi connectivity index (χ0n) is 15.0. The minimum atomic E-state index is 0.184. The predicted molar refractivity (Wildman–Crippen MR) is 91.8 cm³/mol. The normalized spacial score (nSPS) is 23.5. The third-order valence-corrected chi connectivity index (χ3v) is 4.20. The molecule has 0 aromatic heterocycles. The second-order valence-electron chi connectivity index (χ2n) is 7.60. The average molecular weight is 305 g/mol. The van der Waals surface area contributed by atoms with Crippen molar-refractivity contribution in [1.29, 1.82) is 0 Å². The Labute approximate surface area is 135 Å². The second kappa shape index (κ2) is 7.01. The van der Waals surface area contributed by atoms with Crippen LogP contribution in [0.2, 0.25) is 0 Å². The summed E-state index contributed by atoms with van der Waals surface area (Å²) in [6.07, 6.45) is 0.633. The fourth-order valence-corrected chi connectivity index (χ4v) is 3.03. The van der Waals surface area contributed by atoms with Crippen LogP contribution in [0.1, 0.15) is 45.7 Å². The van der Waals surface area contributed by atoms with Crippen LogP contribution in [-0.2, 0) is 10.2 Å². The molecule has 1 saturated heterocycles. The van der Waals surface area contributed by atoms with E-state index in [1.807, 2.05) is 0 Å². The number of hydrogen-bond donors (Lipinski definition) is 0. The minimum absolute atomic E-state index is 0.184. The van der Waals surface area contributed by atoms with Crippen LogP contribution in [-0.4, -0.2) is 43.3 Å². The van der Waals surface area contributed by atoms with Crippen molar-refractivity contribution in [1.82, 2.24) is 4.90 Å². The van der Waals surface area contributed by atoms with Crippen LogP contribution in [0.15, 0.2) is 18.2 Å². The Hall–Kier alpha value is -1.06. The minimum Gasteiger partial charge on any atom is -0.492 e. The molecule has 1 fully saturated rings. The summed E-state index contributed by atoms with van der Waals surface area (Å²) in [5, 5.41) is 0. The van der Waals surface area contributed by atoms with Crippen LogP contribution in [0.5, 0.6) is 5.75 Å². The number of hydrogen-bond acceptors (Lipinski definition) is 3. The number of benzene rings is 1. The van der Waals surface area contributed by atoms with Gasteiger partial charge in [0.15, 0.2) is 0 Å². The van der Waals surface area contributed by atoms with Crippen molar-refractivity contribution in [2.24, 2.45) is 0 Å². The molecule has 0 bridgehead atoms. The van der Waals surface area contributed by atoms with Gasteiger partial charge in [0.05, 0.1) is 12.2 Å². The van der Waals surface area contributed by atoms with E-state index >= 15 is 0 Å². The van der Waals surface area contributed by atoms with E-state index in [1.165, 1.54) is 11.1 Å². The quantitative estimate of drug-likeness (QED) is 0.845. The third-order valence-electron chi connectivity index (χ3n) is 4.20. The number of aryl methyl sites for hydroxylation is 1. The monoisotopic (exact) mass is 305 g/mol. The summed E-state index contributed by atoms with van der Waals surface area (Å²) in [4.78, 5) is 2.43. The number of rotatable bonds is 4. The first-order valence-corrected chi connectivity index (χ1v) is 8.37. The van der Waals surface area contributed by atoms with Crippen molar-refractivity contribution >= 4 is 0 Å². The molecule has 0 spiro atoms. The molecular formula is C19H31NO2. The smallest absolute Gasteiger partial charge is 0.122 e. The molecule has 3 nitrogen and oxygen atoms in total. The first-order chi connectivity index (χ1) is 10.3. The Morgan fingerprint density at radius 1 is 1.18 bits per heavy atom. The number of ether oxygens (including phenoxy) is 2. The van der Waals surface area contributed by atoms with Crippen LogP contribution < -0.4 is 4.74 Å². The summed E-state index contributed by atoms with van der Waals surface area (Å²) >= 11 is 0. The first-order valence-electron chi connectivity index (χ1n) is 8.37. The highest BCUT2D eigenvalue weighted by molar-refractivity contribution is 5.38. The van der Waals surface area contributed by atoms with E-state index in [9.17, 15) is 0 Å². The number of nitrogens with zero attached hydrogens (tertiary/aromatic N) is 1. The maximum Gasteiger partial charge on any atom is 0.122 e. The van der Waals surface area contributed by atoms with Crippen molar-refractivity contribution in [3.05, 3.63) is 29.3 Å². The molecule has 2 unspecified atom stereocenters. The van der Waals surface area contributed by atoms with E-state index in [1.54, 1.807) is 0 Å². The zero-order chi connectivity index (χ0) is 16.3. The first kappa shape index (κ1) is 17.3. The molecule has 22 heavy (non-hydrogen) atoms. The largest absolute Gasteiger partial charge is 0.492 e. The Balaban J connectivity index is 1.87. The Bertz CT molecular complexity index is 483. The van der Waals surface area contributed by atoms with Crippen molar-refractivity contribution in [3.63, 3.8) is 0 Å². The topological polar surface area (TPSA) is 21.7 Å². The van der Waals surface area contributed by atoms with Gasteiger partial charge in [0.1, 0.15) is 12.4 Å². The summed E-state index contributed by atoms with van der Waals surface area (Å²) in [7, 11) is 0. The van der Waals surface area contributed by atoms with Gasteiger partial charge in [-0.2, -0.15) is 0 Å². The molecular weight excluding hydrogens is 274 g/mol. The lowest BCUT2D eigenvalue weighted by atomic mass is 9.86. The highest BCUT2D eigenvalue weighted by Crippen LogP contribution is 2.27. The van der Waals surface area contributed by atoms with Gasteiger partial charge in [-0.15, -0.1) is 0 Å². The summed E-state index contributed by atoms with van der Waals surface area (Å²) in [5.74, 6) is 1.00. The molecule has 1 aliphatic rings. The van der Waals surface area contributed by atoms with Gasteiger partial charge < -0.3 is 9.47 Å². The molecule has 3 heteroatoms. The van der Waals surface area contributed by atoms with Gasteiger partial charge in [-0.3, -0.25) is 4.90 Å². The van der Waals surface area contributed by atoms with E-state index in [-0.39, 0.29) is 5.41 Å². The maximum absolute atomic E-state index is 6.00. The maximum atomic E-state index is 6.00. The predicted octanol–water partition coefficient (Wildman–Crippen LogP) is 3.78. The zero-order valence-corrected chi connectivity index (χ0v) is 15.0. The Morgan fingerprint density at radius 3 is 2.36 bits per heavy atom. The lowest BCUT2D eigenvalue weighted by molar-refractivity contribution is -0.0699. The summed E-state index contributed by atoms with van der Waals surface area (Å²) in [5.41, 5.74) is 2.76. The van der Waals surface area contributed by atoms with E-state index in [4.69, 9.17) is 9.47 Å². The van der Waals surface area contributed by atoms with Gasteiger partial charge in [-0.25, -0.2) is 0 Å². The fraction of sp³-hybridized carbons (Fsp3) is 0.684. The van der Waals surface area contributed by atoms with Crippen molar-refractivity contribution in [2.45, 2.75) is 59.2 Å². The van der Waals surface area contributed by atoms with Gasteiger partial charge in [0, 0.05) is 19.6 Å². The fourth-order valence-electron chi connectivity index (χ4n) is 3.03. The third kappa shape index (κ3) is 4.72. The lowest BCUT2D eigenvalue weighted by Gasteiger charge is -2.35. The molecule has 124 valence electrons. The SMILES string of the molecule is Cc1cc(C(C)(C)C)ccc1OCCN1CC(C)OC(C)C1. The molecule has 0 N–H and O–H groups in total. The standard InChI is InChI=1S/C19H31NO2/c1-14-11-17(19(4,5)6)7-8-18(14)21-10-9-20-12-15(2)22-16(3)13-20/h7-8,11,15-16H,9-10,12-13H2,1-6H3. The summed E-state index contributed by atoms with van der Waals surface area (Å²) < 4.78 is 11.8. The van der Waals surface area contributed by atoms with Crippen molar-refractivity contribution < 1.29 is 9.47 Å². The highest BCUT2D eigenvalue weighted by atomic mass is 16.5. The molecule has 2 atom stereocenters. The Morgan fingerprint density at radius 2 is 1.82 bits per heavy atom. The van der Waals surface area contributed by atoms with E-state index in [0.29, 0.717) is 12.2 Å². The molecule has 1 aromatic rings. The van der Waals surface area contributed by atoms with Gasteiger partial charge in [0.2, 0.25) is 0 Å². The van der Waals surface area contributed by atoms with E-state index < -0.39 is 0 Å². The summed E-state index contributed by atoms with van der Waals surface area (Å²) in [6.45, 7) is 16.8. The van der Waals surface area contributed by atoms with Crippen LogP contribution in [0.4, 0.5) is 0 Å². The molecule has 0 radical (unpaired) electrons. The van der Waals surface area contributed by atoms with Gasteiger partial charge in [-0.1, -0.05) is 32.9 Å². The van der Waals surface area contributed by atoms with Crippen LogP contribution in [0.3, 0.4) is 0 Å². The molecule has 1 aliphatic heterocycles. The molecule has 2 rings (SSSR count). The molecule has 1 heterocycles. The number of morpholine rings is 1.